The van der Waals surface area contributed by atoms with Gasteiger partial charge in [0.1, 0.15) is 0 Å². The molecule has 2 aliphatic rings. The molecule has 0 N–H and O–H groups in total. The predicted octanol–water partition coefficient (Wildman–Crippen LogP) is 4.89. The molecule has 0 aromatic carbocycles. The first-order chi connectivity index (χ1) is 6.95. The Balaban J connectivity index is 1.60. The van der Waals surface area contributed by atoms with Crippen molar-refractivity contribution in [1.29, 1.82) is 0 Å². The highest BCUT2D eigenvalue weighted by molar-refractivity contribution is 4.92. The molecule has 0 nitrogen and oxygen atoms in total. The molecule has 0 amide bonds. The van der Waals surface area contributed by atoms with Crippen LogP contribution in [-0.4, -0.2) is 0 Å². The van der Waals surface area contributed by atoms with Crippen LogP contribution in [0.2, 0.25) is 0 Å². The highest BCUT2D eigenvalue weighted by Crippen LogP contribution is 2.34. The highest BCUT2D eigenvalue weighted by atomic mass is 14.2. The van der Waals surface area contributed by atoms with Crippen molar-refractivity contribution in [1.82, 2.24) is 0 Å². The maximum Gasteiger partial charge on any atom is -0.0241 e. The molecular formula is C14H25. The molecular weight excluding hydrogens is 168 g/mol. The molecule has 1 radical (unpaired) electrons. The van der Waals surface area contributed by atoms with Crippen LogP contribution in [-0.2, 0) is 0 Å². The van der Waals surface area contributed by atoms with Gasteiger partial charge in [0.05, 0.1) is 0 Å². The van der Waals surface area contributed by atoms with E-state index >= 15 is 0 Å². The summed E-state index contributed by atoms with van der Waals surface area (Å²) in [5, 5.41) is 0. The summed E-state index contributed by atoms with van der Waals surface area (Å²) in [6.45, 7) is 0. The van der Waals surface area contributed by atoms with Gasteiger partial charge in [-0.15, -0.1) is 0 Å². The minimum atomic E-state index is 1.10. The summed E-state index contributed by atoms with van der Waals surface area (Å²) in [5.74, 6) is 3.00. The summed E-state index contributed by atoms with van der Waals surface area (Å²) in [5.41, 5.74) is 0. The molecule has 0 aliphatic heterocycles. The minimum Gasteiger partial charge on any atom is -0.0533 e. The van der Waals surface area contributed by atoms with Gasteiger partial charge in [0, 0.05) is 0 Å². The van der Waals surface area contributed by atoms with Gasteiger partial charge in [-0.05, 0) is 37.5 Å². The Bertz CT molecular complexity index is 120. The maximum absolute atomic E-state index is 1.90. The highest BCUT2D eigenvalue weighted by Gasteiger charge is 2.18. The van der Waals surface area contributed by atoms with Crippen molar-refractivity contribution in [3.05, 3.63) is 5.92 Å². The molecule has 0 saturated heterocycles. The van der Waals surface area contributed by atoms with E-state index in [2.05, 4.69) is 0 Å². The number of hydrogen-bond donors (Lipinski definition) is 0. The van der Waals surface area contributed by atoms with Gasteiger partial charge in [-0.1, -0.05) is 51.4 Å². The fourth-order valence-corrected chi connectivity index (χ4v) is 3.19. The monoisotopic (exact) mass is 193 g/mol. The Morgan fingerprint density at radius 2 is 1.43 bits per heavy atom. The standard InChI is InChI=1S/C14H25/c1-3-7-13(8-4-1)11-12-14-9-5-2-6-10-14/h13H,1-12H2. The van der Waals surface area contributed by atoms with E-state index in [0.29, 0.717) is 0 Å². The summed E-state index contributed by atoms with van der Waals surface area (Å²) in [6, 6.07) is 0. The first-order valence-electron chi connectivity index (χ1n) is 6.79. The van der Waals surface area contributed by atoms with Crippen LogP contribution < -0.4 is 0 Å². The molecule has 0 aromatic rings. The van der Waals surface area contributed by atoms with Crippen molar-refractivity contribution < 1.29 is 0 Å². The fraction of sp³-hybridized carbons (Fsp3) is 0.929. The molecule has 0 atom stereocenters. The van der Waals surface area contributed by atoms with Crippen LogP contribution in [0.25, 0.3) is 0 Å². The van der Waals surface area contributed by atoms with Gasteiger partial charge in [-0.25, -0.2) is 0 Å². The van der Waals surface area contributed by atoms with Crippen LogP contribution in [0.3, 0.4) is 0 Å². The summed E-state index contributed by atoms with van der Waals surface area (Å²) in [6.07, 6.45) is 18.0. The Hall–Kier alpha value is 0. The van der Waals surface area contributed by atoms with Gasteiger partial charge in [0.25, 0.3) is 0 Å². The topological polar surface area (TPSA) is 0 Å². The summed E-state index contributed by atoms with van der Waals surface area (Å²) in [7, 11) is 0. The summed E-state index contributed by atoms with van der Waals surface area (Å²) >= 11 is 0. The van der Waals surface area contributed by atoms with Gasteiger partial charge < -0.3 is 0 Å². The zero-order valence-corrected chi connectivity index (χ0v) is 9.56. The third kappa shape index (κ3) is 3.29. The lowest BCUT2D eigenvalue weighted by Crippen LogP contribution is -2.10. The third-order valence-electron chi connectivity index (χ3n) is 4.19. The quantitative estimate of drug-likeness (QED) is 0.599. The van der Waals surface area contributed by atoms with E-state index in [1.165, 1.54) is 77.0 Å². The molecule has 2 aliphatic carbocycles. The lowest BCUT2D eigenvalue weighted by Gasteiger charge is -2.25. The van der Waals surface area contributed by atoms with Crippen LogP contribution in [0, 0.1) is 11.8 Å². The zero-order valence-electron chi connectivity index (χ0n) is 9.56. The molecule has 2 rings (SSSR count). The number of rotatable bonds is 3. The Morgan fingerprint density at radius 1 is 0.786 bits per heavy atom. The molecule has 0 heterocycles. The third-order valence-corrected chi connectivity index (χ3v) is 4.19. The van der Waals surface area contributed by atoms with E-state index < -0.39 is 0 Å². The molecule has 81 valence electrons. The molecule has 0 spiro atoms. The van der Waals surface area contributed by atoms with Crippen molar-refractivity contribution in [3.63, 3.8) is 0 Å². The lowest BCUT2D eigenvalue weighted by molar-refractivity contribution is 0.327. The van der Waals surface area contributed by atoms with Gasteiger partial charge in [0.2, 0.25) is 0 Å². The number of hydrogen-bond acceptors (Lipinski definition) is 0. The summed E-state index contributed by atoms with van der Waals surface area (Å²) in [4.78, 5) is 0. The van der Waals surface area contributed by atoms with Gasteiger partial charge in [-0.2, -0.15) is 0 Å². The Labute approximate surface area is 89.5 Å². The van der Waals surface area contributed by atoms with Crippen LogP contribution in [0.1, 0.15) is 77.0 Å². The molecule has 14 heavy (non-hydrogen) atoms. The first kappa shape index (κ1) is 10.5. The summed E-state index contributed by atoms with van der Waals surface area (Å²) < 4.78 is 0. The van der Waals surface area contributed by atoms with Crippen molar-refractivity contribution in [2.75, 3.05) is 0 Å². The average molecular weight is 193 g/mol. The normalized spacial score (nSPS) is 26.6. The van der Waals surface area contributed by atoms with E-state index in [1.54, 1.807) is 0 Å². The van der Waals surface area contributed by atoms with Crippen LogP contribution in [0.5, 0.6) is 0 Å². The van der Waals surface area contributed by atoms with E-state index in [9.17, 15) is 0 Å². The predicted molar refractivity (Wildman–Crippen MR) is 62.1 cm³/mol. The molecule has 0 aromatic heterocycles. The zero-order chi connectivity index (χ0) is 9.64. The fourth-order valence-electron chi connectivity index (χ4n) is 3.19. The smallest absolute Gasteiger partial charge is 0.0241 e. The second-order valence-electron chi connectivity index (χ2n) is 5.35. The molecule has 0 heteroatoms. The second kappa shape index (κ2) is 5.78. The SMILES string of the molecule is C1CC[C](CCC2CCCCC2)CC1. The van der Waals surface area contributed by atoms with E-state index in [1.807, 2.05) is 5.92 Å². The van der Waals surface area contributed by atoms with Crippen molar-refractivity contribution in [3.8, 4) is 0 Å². The largest absolute Gasteiger partial charge is 0.0533 e. The van der Waals surface area contributed by atoms with Crippen LogP contribution >= 0.6 is 0 Å². The van der Waals surface area contributed by atoms with E-state index in [4.69, 9.17) is 0 Å². The minimum absolute atomic E-state index is 1.10. The van der Waals surface area contributed by atoms with Crippen LogP contribution in [0.15, 0.2) is 0 Å². The van der Waals surface area contributed by atoms with Crippen molar-refractivity contribution in [2.45, 2.75) is 77.0 Å². The van der Waals surface area contributed by atoms with Crippen molar-refractivity contribution in [2.24, 2.45) is 5.92 Å². The lowest BCUT2D eigenvalue weighted by atomic mass is 9.80. The molecule has 0 unspecified atom stereocenters. The maximum atomic E-state index is 1.90. The first-order valence-corrected chi connectivity index (χ1v) is 6.79. The van der Waals surface area contributed by atoms with Gasteiger partial charge >= 0.3 is 0 Å². The molecule has 0 bridgehead atoms. The van der Waals surface area contributed by atoms with E-state index in [0.717, 1.165) is 5.92 Å². The van der Waals surface area contributed by atoms with Gasteiger partial charge in [-0.3, -0.25) is 0 Å². The molecule has 2 saturated carbocycles. The Morgan fingerprint density at radius 3 is 2.14 bits per heavy atom. The Kier molecular flexibility index (Phi) is 4.34. The average Bonchev–Trinajstić information content (AvgIpc) is 2.29. The van der Waals surface area contributed by atoms with Gasteiger partial charge in [0.15, 0.2) is 0 Å². The van der Waals surface area contributed by atoms with Crippen LogP contribution in [0.4, 0.5) is 0 Å². The van der Waals surface area contributed by atoms with Crippen molar-refractivity contribution >= 4 is 0 Å². The second-order valence-corrected chi connectivity index (χ2v) is 5.35. The molecule has 2 fully saturated rings. The van der Waals surface area contributed by atoms with E-state index in [-0.39, 0.29) is 0 Å².